The standard InChI is InChI=1S/C16H28N4/c1-5-15(17)9-14-8-12(2)16(18-10-14)20-7-6-19(4)11-13(20)3/h8,10,13,15H,5-7,9,11,17H2,1-4H3. The number of anilines is 1. The molecule has 0 bridgehead atoms. The summed E-state index contributed by atoms with van der Waals surface area (Å²) in [7, 11) is 2.18. The topological polar surface area (TPSA) is 45.4 Å². The van der Waals surface area contributed by atoms with Crippen LogP contribution in [0, 0.1) is 6.92 Å². The predicted octanol–water partition coefficient (Wildman–Crippen LogP) is 1.81. The Kier molecular flexibility index (Phi) is 5.00. The number of aromatic nitrogens is 1. The molecule has 0 saturated carbocycles. The van der Waals surface area contributed by atoms with Gasteiger partial charge >= 0.3 is 0 Å². The van der Waals surface area contributed by atoms with E-state index in [9.17, 15) is 0 Å². The Labute approximate surface area is 123 Å². The zero-order valence-corrected chi connectivity index (χ0v) is 13.3. The highest BCUT2D eigenvalue weighted by atomic mass is 15.3. The van der Waals surface area contributed by atoms with Crippen LogP contribution in [0.25, 0.3) is 0 Å². The smallest absolute Gasteiger partial charge is 0.131 e. The van der Waals surface area contributed by atoms with E-state index in [2.05, 4.69) is 43.7 Å². The lowest BCUT2D eigenvalue weighted by Crippen LogP contribution is -2.51. The van der Waals surface area contributed by atoms with Gasteiger partial charge in [0.05, 0.1) is 0 Å². The van der Waals surface area contributed by atoms with E-state index in [1.165, 1.54) is 11.1 Å². The molecule has 2 N–H and O–H groups in total. The summed E-state index contributed by atoms with van der Waals surface area (Å²) in [6, 6.07) is 3.01. The van der Waals surface area contributed by atoms with Gasteiger partial charge in [0.2, 0.25) is 0 Å². The average molecular weight is 276 g/mol. The van der Waals surface area contributed by atoms with Crippen molar-refractivity contribution in [3.8, 4) is 0 Å². The number of hydrogen-bond donors (Lipinski definition) is 1. The van der Waals surface area contributed by atoms with Gasteiger partial charge in [0.15, 0.2) is 0 Å². The summed E-state index contributed by atoms with van der Waals surface area (Å²) >= 11 is 0. The van der Waals surface area contributed by atoms with Gasteiger partial charge in [-0.05, 0) is 44.9 Å². The van der Waals surface area contributed by atoms with Gasteiger partial charge in [-0.1, -0.05) is 13.0 Å². The summed E-state index contributed by atoms with van der Waals surface area (Å²) in [5, 5.41) is 0. The first-order valence-corrected chi connectivity index (χ1v) is 7.67. The molecule has 0 radical (unpaired) electrons. The molecule has 20 heavy (non-hydrogen) atoms. The van der Waals surface area contributed by atoms with Crippen molar-refractivity contribution >= 4 is 5.82 Å². The second kappa shape index (κ2) is 6.55. The second-order valence-corrected chi connectivity index (χ2v) is 6.16. The van der Waals surface area contributed by atoms with Crippen LogP contribution in [0.5, 0.6) is 0 Å². The Morgan fingerprint density at radius 3 is 2.80 bits per heavy atom. The fourth-order valence-corrected chi connectivity index (χ4v) is 2.94. The molecule has 1 aliphatic rings. The maximum atomic E-state index is 6.03. The predicted molar refractivity (Wildman–Crippen MR) is 85.2 cm³/mol. The number of hydrogen-bond acceptors (Lipinski definition) is 4. The molecule has 1 aromatic rings. The normalized spacial score (nSPS) is 22.1. The van der Waals surface area contributed by atoms with Crippen LogP contribution < -0.4 is 10.6 Å². The first-order chi connectivity index (χ1) is 9.51. The molecule has 1 aliphatic heterocycles. The minimum atomic E-state index is 0.240. The van der Waals surface area contributed by atoms with Crippen LogP contribution >= 0.6 is 0 Å². The van der Waals surface area contributed by atoms with Crippen molar-refractivity contribution in [3.05, 3.63) is 23.4 Å². The molecule has 0 aromatic carbocycles. The summed E-state index contributed by atoms with van der Waals surface area (Å²) < 4.78 is 0. The number of aryl methyl sites for hydroxylation is 1. The fourth-order valence-electron chi connectivity index (χ4n) is 2.94. The lowest BCUT2D eigenvalue weighted by Gasteiger charge is -2.39. The van der Waals surface area contributed by atoms with Crippen molar-refractivity contribution in [2.75, 3.05) is 31.6 Å². The Morgan fingerprint density at radius 2 is 2.20 bits per heavy atom. The van der Waals surface area contributed by atoms with E-state index in [0.29, 0.717) is 6.04 Å². The molecule has 2 heterocycles. The molecule has 0 amide bonds. The number of nitrogens with two attached hydrogens (primary N) is 1. The summed E-state index contributed by atoms with van der Waals surface area (Å²) in [6.45, 7) is 9.83. The minimum Gasteiger partial charge on any atom is -0.351 e. The Morgan fingerprint density at radius 1 is 1.45 bits per heavy atom. The van der Waals surface area contributed by atoms with E-state index >= 15 is 0 Å². The van der Waals surface area contributed by atoms with Crippen LogP contribution in [0.4, 0.5) is 5.82 Å². The van der Waals surface area contributed by atoms with E-state index in [0.717, 1.165) is 38.3 Å². The molecule has 0 spiro atoms. The fraction of sp³-hybridized carbons (Fsp3) is 0.688. The van der Waals surface area contributed by atoms with Crippen LogP contribution in [-0.2, 0) is 6.42 Å². The highest BCUT2D eigenvalue weighted by Gasteiger charge is 2.23. The molecule has 1 fully saturated rings. The van der Waals surface area contributed by atoms with E-state index < -0.39 is 0 Å². The molecular formula is C16H28N4. The van der Waals surface area contributed by atoms with Crippen molar-refractivity contribution in [3.63, 3.8) is 0 Å². The van der Waals surface area contributed by atoms with Gasteiger partial charge in [-0.15, -0.1) is 0 Å². The molecule has 4 heteroatoms. The Bertz CT molecular complexity index is 446. The van der Waals surface area contributed by atoms with E-state index in [-0.39, 0.29) is 6.04 Å². The lowest BCUT2D eigenvalue weighted by atomic mass is 10.0. The molecule has 4 nitrogen and oxygen atoms in total. The van der Waals surface area contributed by atoms with E-state index in [1.54, 1.807) is 0 Å². The van der Waals surface area contributed by atoms with Crippen molar-refractivity contribution in [2.45, 2.75) is 45.7 Å². The van der Waals surface area contributed by atoms with Gasteiger partial charge in [0.1, 0.15) is 5.82 Å². The number of nitrogens with zero attached hydrogens (tertiary/aromatic N) is 3. The van der Waals surface area contributed by atoms with E-state index in [4.69, 9.17) is 10.7 Å². The van der Waals surface area contributed by atoms with Crippen LogP contribution in [0.15, 0.2) is 12.3 Å². The first kappa shape index (κ1) is 15.3. The zero-order valence-electron chi connectivity index (χ0n) is 13.3. The maximum absolute atomic E-state index is 6.03. The molecule has 1 aromatic heterocycles. The Hall–Kier alpha value is -1.13. The third-order valence-corrected chi connectivity index (χ3v) is 4.23. The number of pyridine rings is 1. The van der Waals surface area contributed by atoms with Crippen molar-refractivity contribution in [1.82, 2.24) is 9.88 Å². The first-order valence-electron chi connectivity index (χ1n) is 7.67. The molecule has 0 aliphatic carbocycles. The molecule has 1 saturated heterocycles. The zero-order chi connectivity index (χ0) is 14.7. The number of rotatable bonds is 4. The monoisotopic (exact) mass is 276 g/mol. The molecule has 2 unspecified atom stereocenters. The van der Waals surface area contributed by atoms with Crippen LogP contribution in [0.2, 0.25) is 0 Å². The lowest BCUT2D eigenvalue weighted by molar-refractivity contribution is 0.274. The Balaban J connectivity index is 2.13. The van der Waals surface area contributed by atoms with Crippen molar-refractivity contribution in [1.29, 1.82) is 0 Å². The maximum Gasteiger partial charge on any atom is 0.131 e. The largest absolute Gasteiger partial charge is 0.351 e. The van der Waals surface area contributed by atoms with Crippen molar-refractivity contribution in [2.24, 2.45) is 5.73 Å². The third-order valence-electron chi connectivity index (χ3n) is 4.23. The number of piperazine rings is 1. The number of likely N-dealkylation sites (N-methyl/N-ethyl adjacent to an activating group) is 1. The summed E-state index contributed by atoms with van der Waals surface area (Å²) in [6.07, 6.45) is 3.93. The summed E-state index contributed by atoms with van der Waals surface area (Å²) in [5.74, 6) is 1.14. The van der Waals surface area contributed by atoms with Crippen molar-refractivity contribution < 1.29 is 0 Å². The van der Waals surface area contributed by atoms with Gasteiger partial charge in [0, 0.05) is 37.9 Å². The van der Waals surface area contributed by atoms with E-state index in [1.807, 2.05) is 6.20 Å². The molecule has 2 atom stereocenters. The summed E-state index contributed by atoms with van der Waals surface area (Å²) in [4.78, 5) is 9.53. The van der Waals surface area contributed by atoms with Crippen LogP contribution in [0.1, 0.15) is 31.4 Å². The minimum absolute atomic E-state index is 0.240. The molecule has 112 valence electrons. The van der Waals surface area contributed by atoms with Gasteiger partial charge in [-0.3, -0.25) is 0 Å². The third kappa shape index (κ3) is 3.49. The second-order valence-electron chi connectivity index (χ2n) is 6.16. The molecular weight excluding hydrogens is 248 g/mol. The van der Waals surface area contributed by atoms with Gasteiger partial charge < -0.3 is 15.5 Å². The van der Waals surface area contributed by atoms with Gasteiger partial charge in [0.25, 0.3) is 0 Å². The van der Waals surface area contributed by atoms with Crippen LogP contribution in [0.3, 0.4) is 0 Å². The average Bonchev–Trinajstić information content (AvgIpc) is 2.40. The SMILES string of the molecule is CCC(N)Cc1cnc(N2CCN(C)CC2C)c(C)c1. The molecule has 2 rings (SSSR count). The van der Waals surface area contributed by atoms with Gasteiger partial charge in [-0.2, -0.15) is 0 Å². The quantitative estimate of drug-likeness (QED) is 0.911. The summed E-state index contributed by atoms with van der Waals surface area (Å²) in [5.41, 5.74) is 8.55. The van der Waals surface area contributed by atoms with Crippen LogP contribution in [-0.4, -0.2) is 48.6 Å². The van der Waals surface area contributed by atoms with Gasteiger partial charge in [-0.25, -0.2) is 4.98 Å². The highest BCUT2D eigenvalue weighted by Crippen LogP contribution is 2.23. The highest BCUT2D eigenvalue weighted by molar-refractivity contribution is 5.48.